The topological polar surface area (TPSA) is 116 Å². The van der Waals surface area contributed by atoms with E-state index in [-0.39, 0.29) is 22.2 Å². The number of hydrogen-bond donors (Lipinski definition) is 0. The van der Waals surface area contributed by atoms with E-state index in [1.807, 2.05) is 0 Å². The van der Waals surface area contributed by atoms with Gasteiger partial charge in [0.25, 0.3) is 5.69 Å². The van der Waals surface area contributed by atoms with Gasteiger partial charge in [0.05, 0.1) is 22.5 Å². The fourth-order valence-electron chi connectivity index (χ4n) is 2.90. The largest absolute Gasteiger partial charge is 0.413 e. The van der Waals surface area contributed by atoms with Crippen LogP contribution in [0.25, 0.3) is 0 Å². The number of halogens is 1. The quantitative estimate of drug-likeness (QED) is 0.0871. The third kappa shape index (κ3) is 5.49. The first-order valence-electron chi connectivity index (χ1n) is 9.77. The van der Waals surface area contributed by atoms with Gasteiger partial charge in [0.15, 0.2) is 8.32 Å². The monoisotopic (exact) mass is 470 g/mol. The van der Waals surface area contributed by atoms with Crippen LogP contribution in [0.3, 0.4) is 0 Å². The molecule has 1 saturated heterocycles. The van der Waals surface area contributed by atoms with Gasteiger partial charge < -0.3 is 14.1 Å². The first-order chi connectivity index (χ1) is 14.2. The van der Waals surface area contributed by atoms with E-state index in [4.69, 9.17) is 20.8 Å². The van der Waals surface area contributed by atoms with Gasteiger partial charge in [-0.05, 0) is 37.2 Å². The molecule has 1 heterocycles. The molecule has 1 aliphatic heterocycles. The lowest BCUT2D eigenvalue weighted by molar-refractivity contribution is -0.384. The van der Waals surface area contributed by atoms with Gasteiger partial charge in [-0.2, -0.15) is 0 Å². The van der Waals surface area contributed by atoms with Crippen LogP contribution in [0, 0.1) is 16.0 Å². The molecule has 0 bridgehead atoms. The minimum atomic E-state index is -2.10. The molecule has 3 atom stereocenters. The van der Waals surface area contributed by atoms with Gasteiger partial charge in [-0.3, -0.25) is 14.9 Å². The summed E-state index contributed by atoms with van der Waals surface area (Å²) in [6.07, 6.45) is -0.412. The van der Waals surface area contributed by atoms with Gasteiger partial charge in [0.1, 0.15) is 12.0 Å². The highest BCUT2D eigenvalue weighted by atomic mass is 35.5. The van der Waals surface area contributed by atoms with Gasteiger partial charge in [0.2, 0.25) is 5.91 Å². The van der Waals surface area contributed by atoms with Crippen LogP contribution >= 0.6 is 11.6 Å². The molecule has 31 heavy (non-hydrogen) atoms. The second kappa shape index (κ2) is 9.05. The summed E-state index contributed by atoms with van der Waals surface area (Å²) in [5.74, 6) is -2.84. The first-order valence-corrected chi connectivity index (χ1v) is 13.1. The standard InChI is InChI=1S/C20H27ClN2O7Si/c1-12(30-31(5,6)20(2,3)4)16-17(21)22(18(16)25)11-15(24)29-19(26)13-7-9-14(10-8-13)23(27)28/h7-10,12,16-17H,11H2,1-6H3/t12?,16-,17+/m1/s1. The Labute approximate surface area is 186 Å². The molecule has 0 aromatic heterocycles. The van der Waals surface area contributed by atoms with Crippen molar-refractivity contribution in [2.45, 2.75) is 57.4 Å². The van der Waals surface area contributed by atoms with Gasteiger partial charge in [-0.25, -0.2) is 9.59 Å². The first kappa shape index (κ1) is 25.0. The number of benzene rings is 1. The normalized spacial score (nSPS) is 20.1. The van der Waals surface area contributed by atoms with Gasteiger partial charge in [0, 0.05) is 12.1 Å². The molecule has 1 aromatic carbocycles. The highest BCUT2D eigenvalue weighted by Crippen LogP contribution is 2.41. The molecule has 9 nitrogen and oxygen atoms in total. The van der Waals surface area contributed by atoms with Crippen molar-refractivity contribution in [2.24, 2.45) is 5.92 Å². The van der Waals surface area contributed by atoms with Crippen LogP contribution in [0.2, 0.25) is 18.1 Å². The lowest BCUT2D eigenvalue weighted by Crippen LogP contribution is -2.64. The maximum Gasteiger partial charge on any atom is 0.345 e. The molecule has 0 saturated carbocycles. The summed E-state index contributed by atoms with van der Waals surface area (Å²) in [4.78, 5) is 47.9. The second-order valence-electron chi connectivity index (χ2n) is 9.01. The maximum absolute atomic E-state index is 12.6. The second-order valence-corrected chi connectivity index (χ2v) is 14.2. The zero-order valence-electron chi connectivity index (χ0n) is 18.4. The molecule has 1 aliphatic rings. The summed E-state index contributed by atoms with van der Waals surface area (Å²) in [7, 11) is -2.10. The molecule has 170 valence electrons. The van der Waals surface area contributed by atoms with E-state index in [1.54, 1.807) is 6.92 Å². The Balaban J connectivity index is 1.92. The van der Waals surface area contributed by atoms with E-state index in [9.17, 15) is 24.5 Å². The summed E-state index contributed by atoms with van der Waals surface area (Å²) in [6, 6.07) is 4.62. The van der Waals surface area contributed by atoms with Crippen LogP contribution in [0.1, 0.15) is 38.1 Å². The number of alkyl halides is 1. The van der Waals surface area contributed by atoms with E-state index >= 15 is 0 Å². The average molecular weight is 471 g/mol. The third-order valence-electron chi connectivity index (χ3n) is 5.77. The minimum Gasteiger partial charge on any atom is -0.413 e. The fourth-order valence-corrected chi connectivity index (χ4v) is 4.81. The van der Waals surface area contributed by atoms with E-state index in [0.717, 1.165) is 17.0 Å². The number of carbonyl (C=O) groups excluding carboxylic acids is 3. The third-order valence-corrected chi connectivity index (χ3v) is 10.9. The number of β-lactam (4-membered cyclic amide) rings is 1. The zero-order chi connectivity index (χ0) is 23.7. The van der Waals surface area contributed by atoms with Gasteiger partial charge in [-0.15, -0.1) is 0 Å². The molecule has 0 N–H and O–H groups in total. The summed E-state index contributed by atoms with van der Waals surface area (Å²) in [5.41, 5.74) is -0.973. The number of likely N-dealkylation sites (tertiary alicyclic amines) is 1. The predicted octanol–water partition coefficient (Wildman–Crippen LogP) is 3.71. The molecule has 2 rings (SSSR count). The highest BCUT2D eigenvalue weighted by Gasteiger charge is 2.52. The van der Waals surface area contributed by atoms with Crippen molar-refractivity contribution < 1.29 is 28.5 Å². The van der Waals surface area contributed by atoms with Crippen LogP contribution in [0.15, 0.2) is 24.3 Å². The SMILES string of the molecule is CC(O[Si](C)(C)C(C)(C)C)[C@H]1C(=O)N(CC(=O)OC(=O)c2ccc([N+](=O)[O-])cc2)[C@@H]1Cl. The fraction of sp³-hybridized carbons (Fsp3) is 0.550. The Kier molecular flexibility index (Phi) is 7.29. The van der Waals surface area contributed by atoms with Crippen LogP contribution in [0.4, 0.5) is 5.69 Å². The van der Waals surface area contributed by atoms with Crippen LogP contribution in [0.5, 0.6) is 0 Å². The zero-order valence-corrected chi connectivity index (χ0v) is 20.1. The molecule has 1 amide bonds. The Morgan fingerprint density at radius 1 is 1.26 bits per heavy atom. The number of hydrogen-bond acceptors (Lipinski definition) is 7. The van der Waals surface area contributed by atoms with Crippen LogP contribution in [-0.2, 0) is 18.8 Å². The molecular weight excluding hydrogens is 444 g/mol. The molecule has 1 unspecified atom stereocenters. The number of esters is 2. The summed E-state index contributed by atoms with van der Waals surface area (Å²) >= 11 is 6.34. The Morgan fingerprint density at radius 2 is 1.81 bits per heavy atom. The molecule has 1 fully saturated rings. The van der Waals surface area contributed by atoms with E-state index in [1.165, 1.54) is 12.1 Å². The predicted molar refractivity (Wildman–Crippen MR) is 116 cm³/mol. The average Bonchev–Trinajstić information content (AvgIpc) is 2.65. The lowest BCUT2D eigenvalue weighted by Gasteiger charge is -2.48. The number of ether oxygens (including phenoxy) is 1. The van der Waals surface area contributed by atoms with Crippen molar-refractivity contribution in [2.75, 3.05) is 6.54 Å². The van der Waals surface area contributed by atoms with Crippen molar-refractivity contribution >= 4 is 43.5 Å². The van der Waals surface area contributed by atoms with Crippen LogP contribution < -0.4 is 0 Å². The number of non-ortho nitro benzene ring substituents is 1. The summed E-state index contributed by atoms with van der Waals surface area (Å²) in [6.45, 7) is 11.8. The number of carbonyl (C=O) groups is 3. The lowest BCUT2D eigenvalue weighted by atomic mass is 9.93. The van der Waals surface area contributed by atoms with E-state index in [0.29, 0.717) is 0 Å². The number of nitrogens with zero attached hydrogens (tertiary/aromatic N) is 2. The molecule has 0 spiro atoms. The van der Waals surface area contributed by atoms with Crippen molar-refractivity contribution in [1.82, 2.24) is 4.90 Å². The Morgan fingerprint density at radius 3 is 2.26 bits per heavy atom. The highest BCUT2D eigenvalue weighted by molar-refractivity contribution is 6.74. The van der Waals surface area contributed by atoms with Gasteiger partial charge in [-0.1, -0.05) is 32.4 Å². The molecule has 1 aromatic rings. The number of nitro groups is 1. The van der Waals surface area contributed by atoms with E-state index in [2.05, 4.69) is 33.9 Å². The molecular formula is C20H27ClN2O7Si. The molecule has 11 heteroatoms. The minimum absolute atomic E-state index is 0.0226. The van der Waals surface area contributed by atoms with Crippen molar-refractivity contribution in [3.63, 3.8) is 0 Å². The van der Waals surface area contributed by atoms with Crippen molar-refractivity contribution in [3.05, 3.63) is 39.9 Å². The van der Waals surface area contributed by atoms with Crippen molar-refractivity contribution in [1.29, 1.82) is 0 Å². The maximum atomic E-state index is 12.6. The van der Waals surface area contributed by atoms with Crippen molar-refractivity contribution in [3.8, 4) is 0 Å². The molecule has 0 aliphatic carbocycles. The smallest absolute Gasteiger partial charge is 0.345 e. The number of rotatable bonds is 7. The number of amides is 1. The van der Waals surface area contributed by atoms with E-state index < -0.39 is 49.2 Å². The molecule has 0 radical (unpaired) electrons. The van der Waals surface area contributed by atoms with Crippen LogP contribution in [-0.4, -0.2) is 54.1 Å². The number of nitro benzene ring substituents is 1. The summed E-state index contributed by atoms with van der Waals surface area (Å²) < 4.78 is 11.0. The summed E-state index contributed by atoms with van der Waals surface area (Å²) in [5, 5.41) is 10.6. The Hall–Kier alpha value is -2.30. The van der Waals surface area contributed by atoms with Gasteiger partial charge >= 0.3 is 11.9 Å². The Bertz CT molecular complexity index is 883.